The Morgan fingerprint density at radius 1 is 1.42 bits per heavy atom. The number of hydrogen-bond acceptors (Lipinski definition) is 2. The van der Waals surface area contributed by atoms with Crippen molar-refractivity contribution in [2.45, 2.75) is 25.7 Å². The molecule has 2 heteroatoms. The molecule has 2 unspecified atom stereocenters. The van der Waals surface area contributed by atoms with E-state index in [4.69, 9.17) is 4.74 Å². The Balaban J connectivity index is 2.58. The normalized spacial score (nSPS) is 33.4. The van der Waals surface area contributed by atoms with Crippen molar-refractivity contribution < 1.29 is 9.84 Å². The fourth-order valence-corrected chi connectivity index (χ4v) is 1.75. The average molecular weight is 164 g/mol. The number of aliphatic hydroxyl groups is 1. The molecule has 0 aromatic heterocycles. The highest BCUT2D eigenvalue weighted by Gasteiger charge is 2.36. The Hall–Kier alpha value is -0.860. The van der Waals surface area contributed by atoms with Crippen LogP contribution in [0, 0.1) is 0 Å². The van der Waals surface area contributed by atoms with Crippen LogP contribution in [-0.2, 0) is 10.5 Å². The molecule has 1 aromatic carbocycles. The molecule has 2 rings (SSSR count). The maximum absolute atomic E-state index is 9.79. The molecule has 0 saturated heterocycles. The van der Waals surface area contributed by atoms with E-state index in [1.54, 1.807) is 6.92 Å². The Morgan fingerprint density at radius 2 is 2.08 bits per heavy atom. The van der Waals surface area contributed by atoms with Crippen LogP contribution in [0.3, 0.4) is 0 Å². The largest absolute Gasteiger partial charge is 0.362 e. The molecule has 0 spiro atoms. The van der Waals surface area contributed by atoms with Crippen molar-refractivity contribution in [1.82, 2.24) is 0 Å². The molecule has 2 nitrogen and oxygen atoms in total. The zero-order chi connectivity index (χ0) is 8.77. The number of fused-ring (bicyclic) bond motifs is 1. The zero-order valence-corrected chi connectivity index (χ0v) is 7.24. The van der Waals surface area contributed by atoms with Crippen molar-refractivity contribution in [2.75, 3.05) is 0 Å². The minimum absolute atomic E-state index is 0.00352. The predicted octanol–water partition coefficient (Wildman–Crippen LogP) is 1.94. The molecule has 1 N–H and O–H groups in total. The van der Waals surface area contributed by atoms with Crippen LogP contribution in [0.25, 0.3) is 0 Å². The van der Waals surface area contributed by atoms with Crippen molar-refractivity contribution >= 4 is 0 Å². The predicted molar refractivity (Wildman–Crippen MR) is 45.5 cm³/mol. The summed E-state index contributed by atoms with van der Waals surface area (Å²) in [5, 5.41) is 9.79. The third kappa shape index (κ3) is 0.958. The van der Waals surface area contributed by atoms with Crippen LogP contribution in [0.2, 0.25) is 0 Å². The van der Waals surface area contributed by atoms with Gasteiger partial charge in [0.2, 0.25) is 0 Å². The average Bonchev–Trinajstić information content (AvgIpc) is 2.25. The van der Waals surface area contributed by atoms with Crippen LogP contribution in [0.4, 0.5) is 0 Å². The molecule has 0 amide bonds. The van der Waals surface area contributed by atoms with Gasteiger partial charge in [-0.15, -0.1) is 0 Å². The molecule has 0 aliphatic carbocycles. The van der Waals surface area contributed by atoms with Crippen molar-refractivity contribution in [2.24, 2.45) is 0 Å². The molecule has 1 heterocycles. The molecule has 0 bridgehead atoms. The molecule has 1 aliphatic rings. The fraction of sp³-hybridized carbons (Fsp3) is 0.400. The van der Waals surface area contributed by atoms with Crippen LogP contribution in [0.5, 0.6) is 0 Å². The van der Waals surface area contributed by atoms with Crippen LogP contribution in [0.15, 0.2) is 24.3 Å². The molecule has 64 valence electrons. The van der Waals surface area contributed by atoms with Crippen LogP contribution < -0.4 is 0 Å². The van der Waals surface area contributed by atoms with E-state index in [-0.39, 0.29) is 6.10 Å². The maximum atomic E-state index is 9.79. The summed E-state index contributed by atoms with van der Waals surface area (Å²) in [6, 6.07) is 7.76. The smallest absolute Gasteiger partial charge is 0.190 e. The third-order valence-electron chi connectivity index (χ3n) is 2.30. The number of benzene rings is 1. The number of rotatable bonds is 0. The second-order valence-electron chi connectivity index (χ2n) is 3.33. The Labute approximate surface area is 71.8 Å². The van der Waals surface area contributed by atoms with Gasteiger partial charge in [0.25, 0.3) is 0 Å². The molecule has 12 heavy (non-hydrogen) atoms. The van der Waals surface area contributed by atoms with Gasteiger partial charge < -0.3 is 9.84 Å². The van der Waals surface area contributed by atoms with E-state index < -0.39 is 5.79 Å². The van der Waals surface area contributed by atoms with E-state index in [1.165, 1.54) is 0 Å². The minimum atomic E-state index is -1.10. The SMILES string of the molecule is CC1OC(C)(O)c2ccccc21. The molecular formula is C10H12O2. The van der Waals surface area contributed by atoms with Gasteiger partial charge in [-0.2, -0.15) is 0 Å². The topological polar surface area (TPSA) is 29.5 Å². The Bertz CT molecular complexity index is 304. The summed E-state index contributed by atoms with van der Waals surface area (Å²) in [5.74, 6) is -1.10. The number of hydrogen-bond donors (Lipinski definition) is 1. The van der Waals surface area contributed by atoms with Gasteiger partial charge in [-0.1, -0.05) is 24.3 Å². The van der Waals surface area contributed by atoms with Gasteiger partial charge in [-0.3, -0.25) is 0 Å². The summed E-state index contributed by atoms with van der Waals surface area (Å²) < 4.78 is 5.37. The highest BCUT2D eigenvalue weighted by Crippen LogP contribution is 2.40. The first kappa shape index (κ1) is 7.77. The lowest BCUT2D eigenvalue weighted by atomic mass is 10.0. The molecule has 0 fully saturated rings. The van der Waals surface area contributed by atoms with Crippen molar-refractivity contribution in [3.05, 3.63) is 35.4 Å². The highest BCUT2D eigenvalue weighted by molar-refractivity contribution is 5.35. The van der Waals surface area contributed by atoms with E-state index >= 15 is 0 Å². The van der Waals surface area contributed by atoms with Crippen molar-refractivity contribution in [1.29, 1.82) is 0 Å². The van der Waals surface area contributed by atoms with Crippen molar-refractivity contribution in [3.8, 4) is 0 Å². The van der Waals surface area contributed by atoms with Crippen LogP contribution in [-0.4, -0.2) is 5.11 Å². The lowest BCUT2D eigenvalue weighted by Gasteiger charge is -2.17. The van der Waals surface area contributed by atoms with Gasteiger partial charge in [-0.25, -0.2) is 0 Å². The monoisotopic (exact) mass is 164 g/mol. The van der Waals surface area contributed by atoms with Crippen molar-refractivity contribution in [3.63, 3.8) is 0 Å². The van der Waals surface area contributed by atoms with Gasteiger partial charge in [0, 0.05) is 5.56 Å². The van der Waals surface area contributed by atoms with Gasteiger partial charge in [0.15, 0.2) is 5.79 Å². The second kappa shape index (κ2) is 2.31. The van der Waals surface area contributed by atoms with Gasteiger partial charge in [0.1, 0.15) is 0 Å². The first-order chi connectivity index (χ1) is 5.61. The summed E-state index contributed by atoms with van der Waals surface area (Å²) in [7, 11) is 0. The lowest BCUT2D eigenvalue weighted by Crippen LogP contribution is -2.19. The van der Waals surface area contributed by atoms with E-state index in [9.17, 15) is 5.11 Å². The van der Waals surface area contributed by atoms with Gasteiger partial charge >= 0.3 is 0 Å². The quantitative estimate of drug-likeness (QED) is 0.635. The van der Waals surface area contributed by atoms with E-state index in [2.05, 4.69) is 0 Å². The summed E-state index contributed by atoms with van der Waals surface area (Å²) in [6.07, 6.45) is -0.00352. The van der Waals surface area contributed by atoms with E-state index in [0.717, 1.165) is 11.1 Å². The highest BCUT2D eigenvalue weighted by atomic mass is 16.6. The lowest BCUT2D eigenvalue weighted by molar-refractivity contribution is -0.205. The maximum Gasteiger partial charge on any atom is 0.190 e. The molecular weight excluding hydrogens is 152 g/mol. The molecule has 1 aliphatic heterocycles. The Morgan fingerprint density at radius 3 is 2.75 bits per heavy atom. The summed E-state index contributed by atoms with van der Waals surface area (Å²) in [4.78, 5) is 0. The standard InChI is InChI=1S/C10H12O2/c1-7-8-5-3-4-6-9(8)10(2,11)12-7/h3-7,11H,1-2H3. The van der Waals surface area contributed by atoms with Gasteiger partial charge in [0.05, 0.1) is 6.10 Å². The van der Waals surface area contributed by atoms with Crippen LogP contribution in [0.1, 0.15) is 31.1 Å². The first-order valence-electron chi connectivity index (χ1n) is 4.11. The van der Waals surface area contributed by atoms with E-state index in [0.29, 0.717) is 0 Å². The summed E-state index contributed by atoms with van der Waals surface area (Å²) in [5.41, 5.74) is 1.97. The fourth-order valence-electron chi connectivity index (χ4n) is 1.75. The third-order valence-corrected chi connectivity index (χ3v) is 2.30. The molecule has 0 radical (unpaired) electrons. The Kier molecular flexibility index (Phi) is 1.50. The minimum Gasteiger partial charge on any atom is -0.362 e. The molecule has 0 saturated carbocycles. The summed E-state index contributed by atoms with van der Waals surface area (Å²) in [6.45, 7) is 3.62. The second-order valence-corrected chi connectivity index (χ2v) is 3.33. The zero-order valence-electron chi connectivity index (χ0n) is 7.24. The van der Waals surface area contributed by atoms with Crippen LogP contribution >= 0.6 is 0 Å². The summed E-state index contributed by atoms with van der Waals surface area (Å²) >= 11 is 0. The molecule has 2 atom stereocenters. The molecule has 1 aromatic rings. The number of ether oxygens (including phenoxy) is 1. The van der Waals surface area contributed by atoms with Gasteiger partial charge in [-0.05, 0) is 19.4 Å². The van der Waals surface area contributed by atoms with E-state index in [1.807, 2.05) is 31.2 Å². The first-order valence-corrected chi connectivity index (χ1v) is 4.11.